The van der Waals surface area contributed by atoms with Crippen LogP contribution in [0.2, 0.25) is 0 Å². The van der Waals surface area contributed by atoms with Crippen molar-refractivity contribution in [2.45, 2.75) is 33.3 Å². The second-order valence-electron chi connectivity index (χ2n) is 2.42. The molecule has 0 aliphatic carbocycles. The van der Waals surface area contributed by atoms with Gasteiger partial charge in [0, 0.05) is 0 Å². The monoisotopic (exact) mass is 160 g/mol. The summed E-state index contributed by atoms with van der Waals surface area (Å²) in [7, 11) is 0. The molecule has 0 aromatic rings. The van der Waals surface area contributed by atoms with Crippen molar-refractivity contribution < 1.29 is 9.53 Å². The maximum Gasteiger partial charge on any atom is 0.167 e. The second-order valence-corrected chi connectivity index (χ2v) is 2.87. The minimum absolute atomic E-state index is 0.0469. The van der Waals surface area contributed by atoms with Crippen molar-refractivity contribution in [1.29, 1.82) is 0 Å². The lowest BCUT2D eigenvalue weighted by molar-refractivity contribution is -0.116. The molecule has 0 unspecified atom stereocenters. The molecular weight excluding hydrogens is 148 g/mol. The first-order chi connectivity index (χ1) is 4.52. The minimum atomic E-state index is 0.0469. The zero-order valence-corrected chi connectivity index (χ0v) is 7.33. The van der Waals surface area contributed by atoms with Crippen molar-refractivity contribution >= 4 is 23.1 Å². The molecule has 0 spiro atoms. The number of ether oxygens (including phenoxy) is 1. The van der Waals surface area contributed by atoms with Gasteiger partial charge in [-0.25, -0.2) is 0 Å². The summed E-state index contributed by atoms with van der Waals surface area (Å²) >= 11 is 4.76. The van der Waals surface area contributed by atoms with Crippen LogP contribution < -0.4 is 0 Å². The summed E-state index contributed by atoms with van der Waals surface area (Å²) < 4.78 is 5.07. The fourth-order valence-electron chi connectivity index (χ4n) is 0.508. The van der Waals surface area contributed by atoms with Gasteiger partial charge in [-0.3, -0.25) is 4.79 Å². The van der Waals surface area contributed by atoms with E-state index in [2.05, 4.69) is 0 Å². The number of thiocarbonyl (C=S) groups is 1. The number of carbonyl (C=O) groups excluding carboxylic acids is 1. The number of ketones is 1. The second kappa shape index (κ2) is 4.39. The van der Waals surface area contributed by atoms with Crippen LogP contribution in [-0.4, -0.2) is 16.9 Å². The van der Waals surface area contributed by atoms with Gasteiger partial charge in [-0.05, 0) is 33.0 Å². The Bertz CT molecular complexity index is 141. The van der Waals surface area contributed by atoms with Crippen LogP contribution in [0.3, 0.4) is 0 Å². The van der Waals surface area contributed by atoms with Gasteiger partial charge in [-0.1, -0.05) is 0 Å². The molecule has 0 aromatic carbocycles. The average Bonchev–Trinajstić information content (AvgIpc) is 1.58. The van der Waals surface area contributed by atoms with Gasteiger partial charge in [-0.2, -0.15) is 0 Å². The minimum Gasteiger partial charge on any atom is -0.484 e. The lowest BCUT2D eigenvalue weighted by atomic mass is 10.3. The number of hydrogen-bond donors (Lipinski definition) is 0. The van der Waals surface area contributed by atoms with Crippen LogP contribution in [0.25, 0.3) is 0 Å². The van der Waals surface area contributed by atoms with Crippen molar-refractivity contribution in [3.8, 4) is 0 Å². The summed E-state index contributed by atoms with van der Waals surface area (Å²) in [6, 6.07) is 0. The van der Waals surface area contributed by atoms with Crippen molar-refractivity contribution in [1.82, 2.24) is 0 Å². The van der Waals surface area contributed by atoms with Gasteiger partial charge in [0.25, 0.3) is 0 Å². The molecule has 0 rings (SSSR count). The highest BCUT2D eigenvalue weighted by Gasteiger charge is 2.02. The summed E-state index contributed by atoms with van der Waals surface area (Å²) in [5.74, 6) is 0.0469. The SMILES string of the molecule is CC(=O)CC(=S)OC(C)C. The van der Waals surface area contributed by atoms with Gasteiger partial charge in [0.05, 0.1) is 12.5 Å². The molecule has 0 aliphatic heterocycles. The Hall–Kier alpha value is -0.440. The van der Waals surface area contributed by atoms with Crippen LogP contribution in [-0.2, 0) is 9.53 Å². The molecule has 0 aliphatic rings. The van der Waals surface area contributed by atoms with Gasteiger partial charge >= 0.3 is 0 Å². The number of Topliss-reactive ketones (excluding diaryl/α,β-unsaturated/α-hetero) is 1. The first-order valence-corrected chi connectivity index (χ1v) is 3.62. The lowest BCUT2D eigenvalue weighted by Crippen LogP contribution is -2.11. The first kappa shape index (κ1) is 9.56. The Kier molecular flexibility index (Phi) is 4.19. The van der Waals surface area contributed by atoms with E-state index in [4.69, 9.17) is 17.0 Å². The third-order valence-electron chi connectivity index (χ3n) is 0.760. The molecular formula is C7H12O2S. The third kappa shape index (κ3) is 5.69. The van der Waals surface area contributed by atoms with Gasteiger partial charge in [0.2, 0.25) is 0 Å². The smallest absolute Gasteiger partial charge is 0.167 e. The molecule has 0 N–H and O–H groups in total. The molecule has 10 heavy (non-hydrogen) atoms. The summed E-state index contributed by atoms with van der Waals surface area (Å²) in [6.45, 7) is 5.26. The van der Waals surface area contributed by atoms with Crippen molar-refractivity contribution in [3.05, 3.63) is 0 Å². The van der Waals surface area contributed by atoms with Crippen LogP contribution in [0.4, 0.5) is 0 Å². The van der Waals surface area contributed by atoms with E-state index < -0.39 is 0 Å². The van der Waals surface area contributed by atoms with Crippen LogP contribution >= 0.6 is 12.2 Å². The van der Waals surface area contributed by atoms with Crippen LogP contribution in [0.15, 0.2) is 0 Å². The van der Waals surface area contributed by atoms with Crippen LogP contribution in [0, 0.1) is 0 Å². The summed E-state index contributed by atoms with van der Waals surface area (Å²) in [6.07, 6.45) is 0.333. The topological polar surface area (TPSA) is 26.3 Å². The zero-order valence-electron chi connectivity index (χ0n) is 6.51. The van der Waals surface area contributed by atoms with E-state index >= 15 is 0 Å². The highest BCUT2D eigenvalue weighted by Crippen LogP contribution is 1.95. The molecule has 0 saturated carbocycles. The normalized spacial score (nSPS) is 9.60. The van der Waals surface area contributed by atoms with Gasteiger partial charge in [-0.15, -0.1) is 0 Å². The number of hydrogen-bond acceptors (Lipinski definition) is 3. The highest BCUT2D eigenvalue weighted by molar-refractivity contribution is 7.80. The van der Waals surface area contributed by atoms with Gasteiger partial charge < -0.3 is 4.74 Å². The molecule has 0 amide bonds. The molecule has 0 bridgehead atoms. The fourth-order valence-corrected chi connectivity index (χ4v) is 0.904. The lowest BCUT2D eigenvalue weighted by Gasteiger charge is -2.08. The Labute approximate surface area is 66.6 Å². The third-order valence-corrected chi connectivity index (χ3v) is 1.00. The largest absolute Gasteiger partial charge is 0.484 e. The summed E-state index contributed by atoms with van der Waals surface area (Å²) in [5, 5.41) is 0.391. The van der Waals surface area contributed by atoms with Crippen LogP contribution in [0.1, 0.15) is 27.2 Å². The Balaban J connectivity index is 3.54. The van der Waals surface area contributed by atoms with E-state index in [0.717, 1.165) is 0 Å². The maximum atomic E-state index is 10.5. The first-order valence-electron chi connectivity index (χ1n) is 3.21. The highest BCUT2D eigenvalue weighted by atomic mass is 32.1. The molecule has 0 heterocycles. The quantitative estimate of drug-likeness (QED) is 0.588. The molecule has 3 heteroatoms. The Morgan fingerprint density at radius 2 is 2.10 bits per heavy atom. The molecule has 58 valence electrons. The average molecular weight is 160 g/mol. The van der Waals surface area contributed by atoms with E-state index in [0.29, 0.717) is 5.05 Å². The van der Waals surface area contributed by atoms with Crippen LogP contribution in [0.5, 0.6) is 0 Å². The van der Waals surface area contributed by atoms with Crippen molar-refractivity contribution in [2.75, 3.05) is 0 Å². The molecule has 0 radical (unpaired) electrons. The Morgan fingerprint density at radius 3 is 2.40 bits per heavy atom. The predicted molar refractivity (Wildman–Crippen MR) is 44.1 cm³/mol. The zero-order chi connectivity index (χ0) is 8.15. The number of rotatable bonds is 3. The van der Waals surface area contributed by atoms with Crippen molar-refractivity contribution in [2.24, 2.45) is 0 Å². The summed E-state index contributed by atoms with van der Waals surface area (Å²) in [4.78, 5) is 10.5. The van der Waals surface area contributed by atoms with E-state index in [9.17, 15) is 4.79 Å². The summed E-state index contributed by atoms with van der Waals surface area (Å²) in [5.41, 5.74) is 0. The standard InChI is InChI=1S/C7H12O2S/c1-5(2)9-7(10)4-6(3)8/h5H,4H2,1-3H3. The maximum absolute atomic E-state index is 10.5. The predicted octanol–water partition coefficient (Wildman–Crippen LogP) is 1.72. The Morgan fingerprint density at radius 1 is 1.60 bits per heavy atom. The molecule has 0 saturated heterocycles. The molecule has 0 fully saturated rings. The number of carbonyl (C=O) groups is 1. The molecule has 0 atom stereocenters. The van der Waals surface area contributed by atoms with E-state index in [1.54, 1.807) is 0 Å². The van der Waals surface area contributed by atoms with Crippen molar-refractivity contribution in [3.63, 3.8) is 0 Å². The van der Waals surface area contributed by atoms with Gasteiger partial charge in [0.15, 0.2) is 5.05 Å². The molecule has 2 nitrogen and oxygen atoms in total. The molecule has 0 aromatic heterocycles. The van der Waals surface area contributed by atoms with E-state index in [1.807, 2.05) is 13.8 Å². The fraction of sp³-hybridized carbons (Fsp3) is 0.714. The van der Waals surface area contributed by atoms with E-state index in [1.165, 1.54) is 6.92 Å². The van der Waals surface area contributed by atoms with E-state index in [-0.39, 0.29) is 18.3 Å². The van der Waals surface area contributed by atoms with Gasteiger partial charge in [0.1, 0.15) is 5.78 Å².